The van der Waals surface area contributed by atoms with Crippen LogP contribution in [0, 0.1) is 0 Å². The number of hydrogen-bond acceptors (Lipinski definition) is 3. The number of nitrogens with one attached hydrogen (secondary N) is 1. The van der Waals surface area contributed by atoms with Crippen LogP contribution in [0.4, 0.5) is 8.78 Å². The van der Waals surface area contributed by atoms with Crippen molar-refractivity contribution < 1.29 is 13.5 Å². The van der Waals surface area contributed by atoms with Gasteiger partial charge in [-0.2, -0.15) is 0 Å². The Bertz CT molecular complexity index is 213. The number of halogens is 2. The van der Waals surface area contributed by atoms with Gasteiger partial charge in [0, 0.05) is 12.6 Å². The smallest absolute Gasteiger partial charge is 0.272 e. The van der Waals surface area contributed by atoms with Crippen molar-refractivity contribution in [3.63, 3.8) is 0 Å². The molecule has 82 valence electrons. The minimum Gasteiger partial charge on any atom is -0.375 e. The first kappa shape index (κ1) is 10.3. The average Bonchev–Trinajstić information content (AvgIpc) is 2.63. The fourth-order valence-corrected chi connectivity index (χ4v) is 2.28. The van der Waals surface area contributed by atoms with E-state index in [1.165, 1.54) is 0 Å². The maximum absolute atomic E-state index is 13.3. The fourth-order valence-electron chi connectivity index (χ4n) is 2.28. The number of likely N-dealkylation sites (tertiary alicyclic amines) is 1. The minimum absolute atomic E-state index is 0.141. The molecule has 2 fully saturated rings. The SMILES string of the molecule is CNCC(F)(F)CN1C[C@@H]2C[C@H]1CO2. The molecule has 2 aliphatic rings. The molecular weight excluding hydrogens is 190 g/mol. The van der Waals surface area contributed by atoms with Gasteiger partial charge >= 0.3 is 0 Å². The molecule has 0 spiro atoms. The average molecular weight is 206 g/mol. The Kier molecular flexibility index (Phi) is 2.72. The van der Waals surface area contributed by atoms with Gasteiger partial charge in [0.05, 0.1) is 25.8 Å². The Hall–Kier alpha value is -0.260. The first-order chi connectivity index (χ1) is 6.61. The molecule has 0 amide bonds. The van der Waals surface area contributed by atoms with E-state index in [4.69, 9.17) is 4.74 Å². The topological polar surface area (TPSA) is 24.5 Å². The number of fused-ring (bicyclic) bond motifs is 2. The summed E-state index contributed by atoms with van der Waals surface area (Å²) in [6.45, 7) is 0.907. The van der Waals surface area contributed by atoms with Gasteiger partial charge in [-0.15, -0.1) is 0 Å². The third kappa shape index (κ3) is 2.04. The van der Waals surface area contributed by atoms with Crippen molar-refractivity contribution in [2.45, 2.75) is 24.5 Å². The van der Waals surface area contributed by atoms with Gasteiger partial charge in [-0.1, -0.05) is 0 Å². The van der Waals surface area contributed by atoms with E-state index in [9.17, 15) is 8.78 Å². The molecule has 2 saturated heterocycles. The predicted octanol–water partition coefficient (Wildman–Crippen LogP) is 0.314. The molecule has 0 aromatic carbocycles. The highest BCUT2D eigenvalue weighted by Gasteiger charge is 2.43. The first-order valence-electron chi connectivity index (χ1n) is 4.99. The Labute approximate surface area is 82.4 Å². The number of ether oxygens (including phenoxy) is 1. The summed E-state index contributed by atoms with van der Waals surface area (Å²) < 4.78 is 31.9. The quantitative estimate of drug-likeness (QED) is 0.716. The van der Waals surface area contributed by atoms with E-state index in [0.717, 1.165) is 6.42 Å². The maximum Gasteiger partial charge on any atom is 0.272 e. The van der Waals surface area contributed by atoms with E-state index in [1.807, 2.05) is 4.90 Å². The van der Waals surface area contributed by atoms with Crippen molar-refractivity contribution in [2.24, 2.45) is 0 Å². The van der Waals surface area contributed by atoms with Crippen LogP contribution in [0.5, 0.6) is 0 Å². The summed E-state index contributed by atoms with van der Waals surface area (Å²) in [7, 11) is 1.55. The van der Waals surface area contributed by atoms with Gasteiger partial charge in [0.15, 0.2) is 0 Å². The molecule has 2 heterocycles. The molecule has 2 atom stereocenters. The molecule has 2 aliphatic heterocycles. The highest BCUT2D eigenvalue weighted by Crippen LogP contribution is 2.29. The van der Waals surface area contributed by atoms with Gasteiger partial charge in [0.2, 0.25) is 0 Å². The van der Waals surface area contributed by atoms with Crippen LogP contribution in [0.15, 0.2) is 0 Å². The molecule has 3 nitrogen and oxygen atoms in total. The minimum atomic E-state index is -2.63. The molecule has 0 aliphatic carbocycles. The van der Waals surface area contributed by atoms with E-state index in [0.29, 0.717) is 13.2 Å². The van der Waals surface area contributed by atoms with Crippen LogP contribution in [0.25, 0.3) is 0 Å². The monoisotopic (exact) mass is 206 g/mol. The van der Waals surface area contributed by atoms with Crippen LogP contribution in [-0.4, -0.2) is 56.3 Å². The lowest BCUT2D eigenvalue weighted by molar-refractivity contribution is -0.0559. The summed E-state index contributed by atoms with van der Waals surface area (Å²) in [6, 6.07) is 0.225. The van der Waals surface area contributed by atoms with Crippen molar-refractivity contribution >= 4 is 0 Å². The number of rotatable bonds is 4. The zero-order chi connectivity index (χ0) is 10.2. The highest BCUT2D eigenvalue weighted by molar-refractivity contribution is 4.93. The third-order valence-corrected chi connectivity index (χ3v) is 2.88. The Morgan fingerprint density at radius 1 is 1.57 bits per heavy atom. The van der Waals surface area contributed by atoms with Gasteiger partial charge < -0.3 is 10.1 Å². The van der Waals surface area contributed by atoms with Crippen LogP contribution in [0.3, 0.4) is 0 Å². The van der Waals surface area contributed by atoms with E-state index >= 15 is 0 Å². The molecule has 0 radical (unpaired) electrons. The lowest BCUT2D eigenvalue weighted by Gasteiger charge is -2.30. The van der Waals surface area contributed by atoms with Gasteiger partial charge in [-0.25, -0.2) is 8.78 Å². The molecule has 0 saturated carbocycles. The molecule has 14 heavy (non-hydrogen) atoms. The predicted molar refractivity (Wildman–Crippen MR) is 48.6 cm³/mol. The normalized spacial score (nSPS) is 32.8. The first-order valence-corrected chi connectivity index (χ1v) is 4.99. The highest BCUT2D eigenvalue weighted by atomic mass is 19.3. The van der Waals surface area contributed by atoms with E-state index in [1.54, 1.807) is 7.05 Å². The van der Waals surface area contributed by atoms with Crippen LogP contribution in [0.2, 0.25) is 0 Å². The largest absolute Gasteiger partial charge is 0.375 e. The number of hydrogen-bond donors (Lipinski definition) is 1. The van der Waals surface area contributed by atoms with Gasteiger partial charge in [-0.05, 0) is 13.5 Å². The lowest BCUT2D eigenvalue weighted by atomic mass is 10.2. The lowest BCUT2D eigenvalue weighted by Crippen LogP contribution is -2.47. The molecule has 2 bridgehead atoms. The van der Waals surface area contributed by atoms with Crippen LogP contribution >= 0.6 is 0 Å². The molecule has 0 unspecified atom stereocenters. The zero-order valence-electron chi connectivity index (χ0n) is 8.30. The second-order valence-electron chi connectivity index (χ2n) is 4.16. The Balaban J connectivity index is 1.86. The summed E-state index contributed by atoms with van der Waals surface area (Å²) in [5.74, 6) is -2.63. The summed E-state index contributed by atoms with van der Waals surface area (Å²) in [6.07, 6.45) is 1.13. The number of morpholine rings is 1. The van der Waals surface area contributed by atoms with E-state index in [-0.39, 0.29) is 25.2 Å². The molecule has 1 N–H and O–H groups in total. The zero-order valence-corrected chi connectivity index (χ0v) is 8.30. The Morgan fingerprint density at radius 3 is 2.86 bits per heavy atom. The Morgan fingerprint density at radius 2 is 2.36 bits per heavy atom. The van der Waals surface area contributed by atoms with Crippen LogP contribution in [-0.2, 0) is 4.74 Å². The molecule has 2 rings (SSSR count). The molecule has 0 aromatic heterocycles. The molecule has 0 aromatic rings. The summed E-state index contributed by atoms with van der Waals surface area (Å²) >= 11 is 0. The summed E-state index contributed by atoms with van der Waals surface area (Å²) in [5, 5.41) is 2.52. The van der Waals surface area contributed by atoms with Crippen molar-refractivity contribution in [2.75, 3.05) is 33.3 Å². The van der Waals surface area contributed by atoms with Crippen molar-refractivity contribution in [3.8, 4) is 0 Å². The second kappa shape index (κ2) is 3.72. The van der Waals surface area contributed by atoms with Crippen molar-refractivity contribution in [3.05, 3.63) is 0 Å². The van der Waals surface area contributed by atoms with Gasteiger partial charge in [0.25, 0.3) is 5.92 Å². The molecule has 5 heteroatoms. The third-order valence-electron chi connectivity index (χ3n) is 2.88. The maximum atomic E-state index is 13.3. The van der Waals surface area contributed by atoms with E-state index < -0.39 is 5.92 Å². The summed E-state index contributed by atoms with van der Waals surface area (Å²) in [4.78, 5) is 1.85. The van der Waals surface area contributed by atoms with Crippen LogP contribution in [0.1, 0.15) is 6.42 Å². The fraction of sp³-hybridized carbons (Fsp3) is 1.00. The number of alkyl halides is 2. The molecular formula is C9H16F2N2O. The van der Waals surface area contributed by atoms with Crippen molar-refractivity contribution in [1.82, 2.24) is 10.2 Å². The van der Waals surface area contributed by atoms with Crippen molar-refractivity contribution in [1.29, 1.82) is 0 Å². The van der Waals surface area contributed by atoms with Gasteiger partial charge in [-0.3, -0.25) is 4.90 Å². The summed E-state index contributed by atoms with van der Waals surface area (Å²) in [5.41, 5.74) is 0. The van der Waals surface area contributed by atoms with Crippen LogP contribution < -0.4 is 5.32 Å². The standard InChI is InChI=1S/C9H16F2N2O/c1-12-5-9(10,11)6-13-3-8-2-7(13)4-14-8/h7-8,12H,2-6H2,1H3/t7-,8-/m0/s1. The second-order valence-corrected chi connectivity index (χ2v) is 4.16. The van der Waals surface area contributed by atoms with E-state index in [2.05, 4.69) is 5.32 Å². The van der Waals surface area contributed by atoms with Gasteiger partial charge in [0.1, 0.15) is 0 Å². The number of nitrogens with zero attached hydrogens (tertiary/aromatic N) is 1.